The van der Waals surface area contributed by atoms with Crippen LogP contribution in [0, 0.1) is 0 Å². The predicted molar refractivity (Wildman–Crippen MR) is 128 cm³/mol. The second kappa shape index (κ2) is 8.51. The van der Waals surface area contributed by atoms with E-state index >= 15 is 0 Å². The Balaban J connectivity index is 1.49. The van der Waals surface area contributed by atoms with Gasteiger partial charge >= 0.3 is 5.63 Å². The highest BCUT2D eigenvalue weighted by molar-refractivity contribution is 7.98. The lowest BCUT2D eigenvalue weighted by molar-refractivity contribution is 0.355. The molecule has 0 radical (unpaired) electrons. The van der Waals surface area contributed by atoms with Gasteiger partial charge in [0.15, 0.2) is 17.3 Å². The fraction of sp³-hybridized carbons (Fsp3) is 0.125. The van der Waals surface area contributed by atoms with Crippen LogP contribution in [0.2, 0.25) is 0 Å². The first-order valence-corrected chi connectivity index (χ1v) is 11.1. The number of thioether (sulfide) groups is 1. The summed E-state index contributed by atoms with van der Waals surface area (Å²) in [5.74, 6) is 8.45. The molecule has 0 spiro atoms. The number of rotatable bonds is 6. The third kappa shape index (κ3) is 3.76. The Labute approximate surface area is 192 Å². The van der Waals surface area contributed by atoms with Crippen LogP contribution in [-0.4, -0.2) is 29.1 Å². The lowest BCUT2D eigenvalue weighted by Crippen LogP contribution is -2.11. The summed E-state index contributed by atoms with van der Waals surface area (Å²) in [7, 11) is 3.15. The number of nitrogen functional groups attached to an aromatic ring is 1. The molecule has 0 saturated heterocycles. The van der Waals surface area contributed by atoms with Crippen molar-refractivity contribution in [3.8, 4) is 22.9 Å². The standard InChI is InChI=1S/C24H20N4O4S/c1-30-18-9-8-15(11-20(18)31-2)23-26-27-24(28(23)25)33-13-16-12-21(29)32-19-10-7-14-5-3-4-6-17(14)22(16)19/h3-12H,13,25H2,1-2H3. The van der Waals surface area contributed by atoms with Crippen molar-refractivity contribution >= 4 is 33.5 Å². The molecule has 0 aliphatic carbocycles. The summed E-state index contributed by atoms with van der Waals surface area (Å²) in [4.78, 5) is 12.2. The molecule has 0 saturated carbocycles. The molecule has 2 N–H and O–H groups in total. The minimum Gasteiger partial charge on any atom is -0.493 e. The molecular weight excluding hydrogens is 440 g/mol. The van der Waals surface area contributed by atoms with Crippen molar-refractivity contribution in [2.75, 3.05) is 20.1 Å². The van der Waals surface area contributed by atoms with Gasteiger partial charge in [-0.1, -0.05) is 42.1 Å². The van der Waals surface area contributed by atoms with Crippen molar-refractivity contribution in [3.63, 3.8) is 0 Å². The van der Waals surface area contributed by atoms with E-state index in [0.29, 0.717) is 33.8 Å². The monoisotopic (exact) mass is 460 g/mol. The summed E-state index contributed by atoms with van der Waals surface area (Å²) in [6.45, 7) is 0. The Morgan fingerprint density at radius 3 is 2.64 bits per heavy atom. The van der Waals surface area contributed by atoms with E-state index in [9.17, 15) is 4.79 Å². The molecule has 0 aliphatic rings. The zero-order valence-corrected chi connectivity index (χ0v) is 18.8. The van der Waals surface area contributed by atoms with Crippen LogP contribution in [-0.2, 0) is 5.75 Å². The maximum absolute atomic E-state index is 12.2. The average Bonchev–Trinajstić information content (AvgIpc) is 3.21. The van der Waals surface area contributed by atoms with E-state index in [1.807, 2.05) is 42.5 Å². The molecule has 33 heavy (non-hydrogen) atoms. The van der Waals surface area contributed by atoms with Gasteiger partial charge in [-0.05, 0) is 40.6 Å². The lowest BCUT2D eigenvalue weighted by atomic mass is 10.0. The van der Waals surface area contributed by atoms with Crippen molar-refractivity contribution < 1.29 is 13.9 Å². The molecule has 0 bridgehead atoms. The number of fused-ring (bicyclic) bond motifs is 3. The topological polar surface area (TPSA) is 105 Å². The van der Waals surface area contributed by atoms with E-state index in [4.69, 9.17) is 19.7 Å². The molecule has 5 aromatic rings. The van der Waals surface area contributed by atoms with E-state index in [2.05, 4.69) is 10.2 Å². The van der Waals surface area contributed by atoms with Crippen LogP contribution in [0.4, 0.5) is 0 Å². The first-order valence-electron chi connectivity index (χ1n) is 10.1. The molecule has 0 unspecified atom stereocenters. The molecule has 0 aliphatic heterocycles. The molecule has 8 nitrogen and oxygen atoms in total. The van der Waals surface area contributed by atoms with Gasteiger partial charge in [-0.3, -0.25) is 0 Å². The fourth-order valence-corrected chi connectivity index (χ4v) is 4.66. The SMILES string of the molecule is COc1ccc(-c2nnc(SCc3cc(=O)oc4ccc5ccccc5c34)n2N)cc1OC. The Bertz CT molecular complexity index is 1540. The average molecular weight is 461 g/mol. The number of ether oxygens (including phenoxy) is 2. The zero-order valence-electron chi connectivity index (χ0n) is 17.9. The van der Waals surface area contributed by atoms with E-state index in [-0.39, 0.29) is 0 Å². The summed E-state index contributed by atoms with van der Waals surface area (Å²) in [6, 6.07) is 18.7. The number of benzene rings is 3. The zero-order chi connectivity index (χ0) is 22.9. The van der Waals surface area contributed by atoms with Crippen molar-refractivity contribution in [1.29, 1.82) is 0 Å². The first-order chi connectivity index (χ1) is 16.1. The van der Waals surface area contributed by atoms with Crippen LogP contribution in [0.1, 0.15) is 5.56 Å². The van der Waals surface area contributed by atoms with Crippen LogP contribution in [0.15, 0.2) is 75.0 Å². The molecule has 2 aromatic heterocycles. The quantitative estimate of drug-likeness (QED) is 0.174. The predicted octanol–water partition coefficient (Wildman–Crippen LogP) is 4.23. The van der Waals surface area contributed by atoms with Gasteiger partial charge in [0.05, 0.1) is 14.2 Å². The van der Waals surface area contributed by atoms with Crippen molar-refractivity contribution in [2.24, 2.45) is 0 Å². The van der Waals surface area contributed by atoms with Gasteiger partial charge in [-0.15, -0.1) is 10.2 Å². The molecule has 0 atom stereocenters. The molecule has 9 heteroatoms. The Morgan fingerprint density at radius 2 is 1.82 bits per heavy atom. The minimum atomic E-state index is -0.395. The van der Waals surface area contributed by atoms with Crippen LogP contribution in [0.3, 0.4) is 0 Å². The Morgan fingerprint density at radius 1 is 1.00 bits per heavy atom. The van der Waals surface area contributed by atoms with Gasteiger partial charge < -0.3 is 19.7 Å². The second-order valence-corrected chi connectivity index (χ2v) is 8.23. The lowest BCUT2D eigenvalue weighted by Gasteiger charge is -2.10. The summed E-state index contributed by atoms with van der Waals surface area (Å²) < 4.78 is 17.5. The summed E-state index contributed by atoms with van der Waals surface area (Å²) >= 11 is 1.39. The van der Waals surface area contributed by atoms with E-state index in [0.717, 1.165) is 27.3 Å². The van der Waals surface area contributed by atoms with Crippen molar-refractivity contribution in [3.05, 3.63) is 76.6 Å². The van der Waals surface area contributed by atoms with Gasteiger partial charge in [0.2, 0.25) is 5.16 Å². The molecule has 2 heterocycles. The summed E-state index contributed by atoms with van der Waals surface area (Å²) in [5, 5.41) is 12.0. The number of aromatic nitrogens is 3. The van der Waals surface area contributed by atoms with Crippen molar-refractivity contribution in [2.45, 2.75) is 10.9 Å². The molecule has 0 amide bonds. The first kappa shape index (κ1) is 20.9. The normalized spacial score (nSPS) is 11.2. The molecule has 5 rings (SSSR count). The maximum atomic E-state index is 12.2. The number of hydrogen-bond donors (Lipinski definition) is 1. The largest absolute Gasteiger partial charge is 0.493 e. The second-order valence-electron chi connectivity index (χ2n) is 7.29. The van der Waals surface area contributed by atoms with Gasteiger partial charge in [0.25, 0.3) is 0 Å². The van der Waals surface area contributed by atoms with Crippen LogP contribution in [0.25, 0.3) is 33.1 Å². The van der Waals surface area contributed by atoms with Gasteiger partial charge in [0.1, 0.15) is 5.58 Å². The number of nitrogens with two attached hydrogens (primary N) is 1. The van der Waals surface area contributed by atoms with Gasteiger partial charge in [-0.25, -0.2) is 9.47 Å². The maximum Gasteiger partial charge on any atom is 0.336 e. The number of nitrogens with zero attached hydrogens (tertiary/aromatic N) is 3. The number of methoxy groups -OCH3 is 2. The summed E-state index contributed by atoms with van der Waals surface area (Å²) in [5.41, 5.74) is 1.75. The molecule has 3 aromatic carbocycles. The third-order valence-corrected chi connectivity index (χ3v) is 6.37. The van der Waals surface area contributed by atoms with Gasteiger partial charge in [0, 0.05) is 22.8 Å². The van der Waals surface area contributed by atoms with E-state index in [1.165, 1.54) is 22.5 Å². The Hall–Kier alpha value is -3.98. The molecule has 0 fully saturated rings. The third-order valence-electron chi connectivity index (χ3n) is 5.38. The minimum absolute atomic E-state index is 0.395. The highest BCUT2D eigenvalue weighted by Gasteiger charge is 2.16. The van der Waals surface area contributed by atoms with Crippen molar-refractivity contribution in [1.82, 2.24) is 14.9 Å². The van der Waals surface area contributed by atoms with Crippen LogP contribution < -0.4 is 20.9 Å². The van der Waals surface area contributed by atoms with Gasteiger partial charge in [-0.2, -0.15) is 0 Å². The highest BCUT2D eigenvalue weighted by Crippen LogP contribution is 2.34. The molecular formula is C24H20N4O4S. The van der Waals surface area contributed by atoms with Crippen LogP contribution in [0.5, 0.6) is 11.5 Å². The summed E-state index contributed by atoms with van der Waals surface area (Å²) in [6.07, 6.45) is 0. The fourth-order valence-electron chi connectivity index (χ4n) is 3.82. The van der Waals surface area contributed by atoms with E-state index < -0.39 is 5.63 Å². The van der Waals surface area contributed by atoms with E-state index in [1.54, 1.807) is 26.4 Å². The highest BCUT2D eigenvalue weighted by atomic mass is 32.2. The number of hydrogen-bond acceptors (Lipinski definition) is 8. The Kier molecular flexibility index (Phi) is 5.39. The smallest absolute Gasteiger partial charge is 0.336 e. The van der Waals surface area contributed by atoms with Crippen LogP contribution >= 0.6 is 11.8 Å². The molecule has 166 valence electrons.